The lowest BCUT2D eigenvalue weighted by atomic mass is 10.2. The molecule has 0 aromatic rings. The summed E-state index contributed by atoms with van der Waals surface area (Å²) in [7, 11) is 1.47. The summed E-state index contributed by atoms with van der Waals surface area (Å²) in [6.07, 6.45) is 5.52. The summed E-state index contributed by atoms with van der Waals surface area (Å²) < 4.78 is 15.6. The third kappa shape index (κ3) is 9.41. The van der Waals surface area contributed by atoms with Crippen molar-refractivity contribution >= 4 is 18.3 Å². The van der Waals surface area contributed by atoms with Crippen LogP contribution in [0.2, 0.25) is 0 Å². The molecule has 17 heavy (non-hydrogen) atoms. The molecule has 0 spiro atoms. The van der Waals surface area contributed by atoms with Gasteiger partial charge in [0.1, 0.15) is 0 Å². The third-order valence-corrected chi connectivity index (χ3v) is 3.49. The summed E-state index contributed by atoms with van der Waals surface area (Å²) in [4.78, 5) is 10.6. The first-order valence-electron chi connectivity index (χ1n) is 6.48. The predicted octanol–water partition coefficient (Wildman–Crippen LogP) is 4.25. The second kappa shape index (κ2) is 10.8. The fourth-order valence-corrected chi connectivity index (χ4v) is 2.31. The van der Waals surface area contributed by atoms with E-state index in [9.17, 15) is 9.18 Å². The van der Waals surface area contributed by atoms with Crippen LogP contribution in [0.25, 0.3) is 0 Å². The van der Waals surface area contributed by atoms with E-state index >= 15 is 0 Å². The summed E-state index contributed by atoms with van der Waals surface area (Å²) >= 11 is 1.20. The van der Waals surface area contributed by atoms with Gasteiger partial charge in [-0.2, -0.15) is 0 Å². The van der Waals surface area contributed by atoms with Crippen molar-refractivity contribution in [1.82, 2.24) is 8.61 Å². The summed E-state index contributed by atoms with van der Waals surface area (Å²) in [5.41, 5.74) is 0. The molecule has 0 rings (SSSR count). The van der Waals surface area contributed by atoms with Gasteiger partial charge in [-0.3, -0.25) is 0 Å². The number of unbranched alkanes of at least 4 members (excludes halogenated alkanes) is 4. The highest BCUT2D eigenvalue weighted by Crippen LogP contribution is 2.17. The molecule has 1 amide bonds. The first-order chi connectivity index (χ1) is 8.11. The molecule has 0 aromatic heterocycles. The average Bonchev–Trinajstić information content (AvgIpc) is 2.29. The van der Waals surface area contributed by atoms with Crippen molar-refractivity contribution in [3.8, 4) is 0 Å². The minimum Gasteiger partial charge on any atom is -0.248 e. The summed E-state index contributed by atoms with van der Waals surface area (Å²) in [5, 5.41) is 0. The fourth-order valence-electron chi connectivity index (χ4n) is 1.48. The lowest BCUT2D eigenvalue weighted by molar-refractivity contribution is 0.208. The van der Waals surface area contributed by atoms with Gasteiger partial charge in [-0.15, -0.1) is 4.39 Å². The molecule has 0 aliphatic carbocycles. The zero-order valence-corrected chi connectivity index (χ0v) is 12.1. The van der Waals surface area contributed by atoms with E-state index in [4.69, 9.17) is 0 Å². The number of hydrogen-bond donors (Lipinski definition) is 0. The van der Waals surface area contributed by atoms with E-state index in [0.29, 0.717) is 0 Å². The van der Waals surface area contributed by atoms with Crippen LogP contribution in [0, 0.1) is 0 Å². The standard InChI is InChI=1S/C12H25FN2OS/c1-4-6-8-10-15(11-9-7-5-2)17-14(3)12(13)16/h4-11H2,1-3H3. The van der Waals surface area contributed by atoms with Crippen LogP contribution in [0.15, 0.2) is 0 Å². The predicted molar refractivity (Wildman–Crippen MR) is 72.5 cm³/mol. The monoisotopic (exact) mass is 264 g/mol. The lowest BCUT2D eigenvalue weighted by Crippen LogP contribution is -2.26. The molecular weight excluding hydrogens is 239 g/mol. The second-order valence-corrected chi connectivity index (χ2v) is 5.40. The highest BCUT2D eigenvalue weighted by molar-refractivity contribution is 7.95. The Morgan fingerprint density at radius 1 is 1.06 bits per heavy atom. The molecule has 0 atom stereocenters. The van der Waals surface area contributed by atoms with E-state index in [0.717, 1.165) is 30.2 Å². The summed E-state index contributed by atoms with van der Waals surface area (Å²) in [5.74, 6) is 0. The van der Waals surface area contributed by atoms with Gasteiger partial charge in [0, 0.05) is 32.3 Å². The normalized spacial score (nSPS) is 10.9. The molecule has 5 heteroatoms. The molecule has 0 aromatic carbocycles. The van der Waals surface area contributed by atoms with E-state index in [-0.39, 0.29) is 0 Å². The van der Waals surface area contributed by atoms with Gasteiger partial charge in [0.15, 0.2) is 0 Å². The van der Waals surface area contributed by atoms with Crippen LogP contribution in [0.5, 0.6) is 0 Å². The molecule has 0 radical (unpaired) electrons. The minimum atomic E-state index is -1.38. The molecule has 0 fully saturated rings. The molecular formula is C12H25FN2OS. The second-order valence-electron chi connectivity index (χ2n) is 4.18. The Balaban J connectivity index is 3.95. The number of rotatable bonds is 10. The third-order valence-electron chi connectivity index (χ3n) is 2.51. The molecule has 0 saturated heterocycles. The molecule has 0 N–H and O–H groups in total. The quantitative estimate of drug-likeness (QED) is 0.255. The first-order valence-corrected chi connectivity index (χ1v) is 7.21. The van der Waals surface area contributed by atoms with Crippen LogP contribution < -0.4 is 0 Å². The van der Waals surface area contributed by atoms with E-state index in [1.807, 2.05) is 0 Å². The van der Waals surface area contributed by atoms with Crippen LogP contribution in [0.1, 0.15) is 52.4 Å². The zero-order chi connectivity index (χ0) is 13.1. The molecule has 3 nitrogen and oxygen atoms in total. The molecule has 0 bridgehead atoms. The molecule has 0 saturated carbocycles. The summed E-state index contributed by atoms with van der Waals surface area (Å²) in [6, 6.07) is 0. The van der Waals surface area contributed by atoms with Gasteiger partial charge in [-0.05, 0) is 12.8 Å². The van der Waals surface area contributed by atoms with Crippen molar-refractivity contribution < 1.29 is 9.18 Å². The number of carbonyl (C=O) groups excluding carboxylic acids is 1. The Morgan fingerprint density at radius 3 is 1.88 bits per heavy atom. The minimum absolute atomic E-state index is 0.917. The number of carbonyl (C=O) groups is 1. The number of hydrogen-bond acceptors (Lipinski definition) is 3. The molecule has 0 aliphatic heterocycles. The van der Waals surface area contributed by atoms with Crippen molar-refractivity contribution in [3.63, 3.8) is 0 Å². The Hall–Kier alpha value is -0.290. The molecule has 0 heterocycles. The van der Waals surface area contributed by atoms with Crippen LogP contribution in [-0.4, -0.2) is 34.9 Å². The molecule has 0 unspecified atom stereocenters. The van der Waals surface area contributed by atoms with Gasteiger partial charge in [0.2, 0.25) is 0 Å². The number of halogens is 1. The van der Waals surface area contributed by atoms with E-state index < -0.39 is 6.16 Å². The highest BCUT2D eigenvalue weighted by Gasteiger charge is 2.13. The van der Waals surface area contributed by atoms with Gasteiger partial charge < -0.3 is 0 Å². The maximum Gasteiger partial charge on any atom is 0.410 e. The Labute approximate surface area is 109 Å². The Kier molecular flexibility index (Phi) is 10.7. The topological polar surface area (TPSA) is 23.6 Å². The lowest BCUT2D eigenvalue weighted by Gasteiger charge is -2.24. The van der Waals surface area contributed by atoms with E-state index in [2.05, 4.69) is 18.2 Å². The first kappa shape index (κ1) is 16.7. The van der Waals surface area contributed by atoms with Gasteiger partial charge in [-0.1, -0.05) is 39.5 Å². The Bertz CT molecular complexity index is 195. The zero-order valence-electron chi connectivity index (χ0n) is 11.2. The highest BCUT2D eigenvalue weighted by atomic mass is 32.2. The van der Waals surface area contributed by atoms with Gasteiger partial charge >= 0.3 is 6.16 Å². The molecule has 0 aliphatic rings. The van der Waals surface area contributed by atoms with Gasteiger partial charge in [0.25, 0.3) is 0 Å². The van der Waals surface area contributed by atoms with Crippen LogP contribution in [-0.2, 0) is 0 Å². The van der Waals surface area contributed by atoms with E-state index in [1.54, 1.807) is 0 Å². The SMILES string of the molecule is CCCCCN(CCCCC)SN(C)C(=O)F. The maximum absolute atomic E-state index is 12.5. The van der Waals surface area contributed by atoms with Crippen molar-refractivity contribution in [3.05, 3.63) is 0 Å². The van der Waals surface area contributed by atoms with Crippen molar-refractivity contribution in [2.24, 2.45) is 0 Å². The van der Waals surface area contributed by atoms with Gasteiger partial charge in [-0.25, -0.2) is 13.4 Å². The fraction of sp³-hybridized carbons (Fsp3) is 0.917. The van der Waals surface area contributed by atoms with Crippen LogP contribution >= 0.6 is 12.1 Å². The van der Waals surface area contributed by atoms with Crippen molar-refractivity contribution in [2.75, 3.05) is 20.1 Å². The van der Waals surface area contributed by atoms with Gasteiger partial charge in [0.05, 0.1) is 0 Å². The van der Waals surface area contributed by atoms with Crippen molar-refractivity contribution in [1.29, 1.82) is 0 Å². The largest absolute Gasteiger partial charge is 0.410 e. The maximum atomic E-state index is 12.5. The Morgan fingerprint density at radius 2 is 1.53 bits per heavy atom. The van der Waals surface area contributed by atoms with Crippen LogP contribution in [0.4, 0.5) is 9.18 Å². The average molecular weight is 264 g/mol. The summed E-state index contributed by atoms with van der Waals surface area (Å²) in [6.45, 7) is 6.15. The van der Waals surface area contributed by atoms with E-state index in [1.165, 1.54) is 44.9 Å². The number of amides is 1. The smallest absolute Gasteiger partial charge is 0.248 e. The molecule has 102 valence electrons. The van der Waals surface area contributed by atoms with Crippen molar-refractivity contribution in [2.45, 2.75) is 52.4 Å². The van der Waals surface area contributed by atoms with Crippen LogP contribution in [0.3, 0.4) is 0 Å². The number of nitrogens with zero attached hydrogens (tertiary/aromatic N) is 2.